The first-order valence-corrected chi connectivity index (χ1v) is 6.61. The van der Waals surface area contributed by atoms with Gasteiger partial charge in [0.05, 0.1) is 12.8 Å². The quantitative estimate of drug-likeness (QED) is 0.799. The normalized spacial score (nSPS) is 10.5. The smallest absolute Gasteiger partial charge is 0.242 e. The van der Waals surface area contributed by atoms with E-state index < -0.39 is 0 Å². The Kier molecular flexibility index (Phi) is 4.27. The second-order valence-corrected chi connectivity index (χ2v) is 4.75. The molecule has 0 unspecified atom stereocenters. The van der Waals surface area contributed by atoms with Crippen molar-refractivity contribution in [1.29, 1.82) is 0 Å². The summed E-state index contributed by atoms with van der Waals surface area (Å²) in [4.78, 5) is 13.7. The van der Waals surface area contributed by atoms with E-state index in [-0.39, 0.29) is 11.8 Å². The molecule has 1 aromatic carbocycles. The van der Waals surface area contributed by atoms with Gasteiger partial charge in [-0.15, -0.1) is 11.6 Å². The van der Waals surface area contributed by atoms with E-state index in [9.17, 15) is 4.79 Å². The summed E-state index contributed by atoms with van der Waals surface area (Å²) < 4.78 is 5.31. The number of rotatable bonds is 4. The van der Waals surface area contributed by atoms with Gasteiger partial charge in [-0.3, -0.25) is 4.79 Å². The molecule has 0 aliphatic heterocycles. The number of nitrogens with zero attached hydrogens (tertiary/aromatic N) is 1. The highest BCUT2D eigenvalue weighted by Crippen LogP contribution is 2.23. The van der Waals surface area contributed by atoms with Gasteiger partial charge in [-0.2, -0.15) is 0 Å². The van der Waals surface area contributed by atoms with Gasteiger partial charge in [-0.25, -0.2) is 0 Å². The highest BCUT2D eigenvalue weighted by atomic mass is 35.5. The fourth-order valence-corrected chi connectivity index (χ4v) is 2.19. The molecule has 0 saturated heterocycles. The Morgan fingerprint density at radius 3 is 2.68 bits per heavy atom. The maximum atomic E-state index is 12.0. The number of anilines is 1. The number of halogens is 1. The highest BCUT2D eigenvalue weighted by molar-refractivity contribution is 6.29. The molecule has 1 amide bonds. The van der Waals surface area contributed by atoms with Crippen LogP contribution in [-0.2, 0) is 11.3 Å². The van der Waals surface area contributed by atoms with Crippen molar-refractivity contribution in [2.75, 3.05) is 10.8 Å². The third kappa shape index (κ3) is 3.18. The molecule has 19 heavy (non-hydrogen) atoms. The topological polar surface area (TPSA) is 33.5 Å². The van der Waals surface area contributed by atoms with E-state index in [1.54, 1.807) is 17.2 Å². The summed E-state index contributed by atoms with van der Waals surface area (Å²) in [5.41, 5.74) is 3.08. The Balaban J connectivity index is 2.34. The van der Waals surface area contributed by atoms with Crippen LogP contribution in [0, 0.1) is 13.8 Å². The minimum Gasteiger partial charge on any atom is -0.467 e. The monoisotopic (exact) mass is 277 g/mol. The number of hydrogen-bond acceptors (Lipinski definition) is 2. The predicted octanol–water partition coefficient (Wildman–Crippen LogP) is 3.67. The average Bonchev–Trinajstić information content (AvgIpc) is 2.89. The second kappa shape index (κ2) is 5.93. The van der Waals surface area contributed by atoms with Crippen LogP contribution in [0.5, 0.6) is 0 Å². The first-order valence-electron chi connectivity index (χ1n) is 6.08. The number of benzene rings is 1. The summed E-state index contributed by atoms with van der Waals surface area (Å²) in [5, 5.41) is 0. The summed E-state index contributed by atoms with van der Waals surface area (Å²) in [5.74, 6) is 0.553. The average molecular weight is 278 g/mol. The van der Waals surface area contributed by atoms with Crippen molar-refractivity contribution in [3.05, 3.63) is 53.5 Å². The lowest BCUT2D eigenvalue weighted by molar-refractivity contribution is -0.116. The third-order valence-electron chi connectivity index (χ3n) is 2.95. The Hall–Kier alpha value is -1.74. The molecule has 4 heteroatoms. The lowest BCUT2D eigenvalue weighted by Gasteiger charge is -2.23. The van der Waals surface area contributed by atoms with E-state index in [1.807, 2.05) is 38.1 Å². The number of amides is 1. The summed E-state index contributed by atoms with van der Waals surface area (Å²) in [6.07, 6.45) is 1.60. The van der Waals surface area contributed by atoms with Gasteiger partial charge in [0.15, 0.2) is 0 Å². The molecule has 0 bridgehead atoms. The van der Waals surface area contributed by atoms with Crippen molar-refractivity contribution in [3.63, 3.8) is 0 Å². The molecule has 2 aromatic rings. The zero-order valence-electron chi connectivity index (χ0n) is 11.0. The zero-order valence-corrected chi connectivity index (χ0v) is 11.8. The minimum absolute atomic E-state index is 0.0476. The molecule has 0 aliphatic carbocycles. The van der Waals surface area contributed by atoms with Crippen LogP contribution in [0.25, 0.3) is 0 Å². The number of alkyl halides is 1. The van der Waals surface area contributed by atoms with Crippen LogP contribution in [0.1, 0.15) is 16.9 Å². The number of carbonyl (C=O) groups is 1. The SMILES string of the molecule is Cc1ccc(N(Cc2ccco2)C(=O)CCl)c(C)c1. The van der Waals surface area contributed by atoms with E-state index in [0.717, 1.165) is 22.6 Å². The molecular formula is C15H16ClNO2. The molecular weight excluding hydrogens is 262 g/mol. The number of furan rings is 1. The van der Waals surface area contributed by atoms with E-state index in [0.29, 0.717) is 6.54 Å². The number of carbonyl (C=O) groups excluding carboxylic acids is 1. The van der Waals surface area contributed by atoms with Crippen LogP contribution in [0.2, 0.25) is 0 Å². The summed E-state index contributed by atoms with van der Waals surface area (Å²) in [7, 11) is 0. The molecule has 1 heterocycles. The number of hydrogen-bond donors (Lipinski definition) is 0. The van der Waals surface area contributed by atoms with E-state index in [2.05, 4.69) is 0 Å². The largest absolute Gasteiger partial charge is 0.467 e. The Labute approximate surface area is 117 Å². The van der Waals surface area contributed by atoms with Gasteiger partial charge < -0.3 is 9.32 Å². The van der Waals surface area contributed by atoms with Gasteiger partial charge in [-0.1, -0.05) is 17.7 Å². The van der Waals surface area contributed by atoms with Crippen molar-refractivity contribution < 1.29 is 9.21 Å². The van der Waals surface area contributed by atoms with Crippen molar-refractivity contribution in [3.8, 4) is 0 Å². The van der Waals surface area contributed by atoms with E-state index >= 15 is 0 Å². The summed E-state index contributed by atoms with van der Waals surface area (Å²) >= 11 is 5.70. The van der Waals surface area contributed by atoms with Gasteiger partial charge in [0.25, 0.3) is 0 Å². The predicted molar refractivity (Wildman–Crippen MR) is 76.5 cm³/mol. The van der Waals surface area contributed by atoms with Gasteiger partial charge in [-0.05, 0) is 37.6 Å². The molecule has 3 nitrogen and oxygen atoms in total. The first-order chi connectivity index (χ1) is 9.11. The Morgan fingerprint density at radius 2 is 2.11 bits per heavy atom. The van der Waals surface area contributed by atoms with Crippen molar-refractivity contribution in [2.45, 2.75) is 20.4 Å². The number of aryl methyl sites for hydroxylation is 2. The Bertz CT molecular complexity index is 564. The second-order valence-electron chi connectivity index (χ2n) is 4.48. The highest BCUT2D eigenvalue weighted by Gasteiger charge is 2.18. The van der Waals surface area contributed by atoms with Gasteiger partial charge in [0.2, 0.25) is 5.91 Å². The minimum atomic E-state index is -0.134. The fraction of sp³-hybridized carbons (Fsp3) is 0.267. The van der Waals surface area contributed by atoms with Gasteiger partial charge >= 0.3 is 0 Å². The van der Waals surface area contributed by atoms with Crippen LogP contribution in [0.15, 0.2) is 41.0 Å². The van der Waals surface area contributed by atoms with Crippen LogP contribution >= 0.6 is 11.6 Å². The van der Waals surface area contributed by atoms with Gasteiger partial charge in [0, 0.05) is 5.69 Å². The zero-order chi connectivity index (χ0) is 13.8. The third-order valence-corrected chi connectivity index (χ3v) is 3.18. The first kappa shape index (κ1) is 13.7. The van der Waals surface area contributed by atoms with Crippen molar-refractivity contribution >= 4 is 23.2 Å². The van der Waals surface area contributed by atoms with Crippen LogP contribution < -0.4 is 4.90 Å². The molecule has 0 N–H and O–H groups in total. The molecule has 0 radical (unpaired) electrons. The summed E-state index contributed by atoms with van der Waals surface area (Å²) in [6, 6.07) is 9.63. The van der Waals surface area contributed by atoms with E-state index in [1.165, 1.54) is 0 Å². The maximum Gasteiger partial charge on any atom is 0.242 e. The summed E-state index contributed by atoms with van der Waals surface area (Å²) in [6.45, 7) is 4.40. The molecule has 0 saturated carbocycles. The van der Waals surface area contributed by atoms with Crippen molar-refractivity contribution in [1.82, 2.24) is 0 Å². The standard InChI is InChI=1S/C15H16ClNO2/c1-11-5-6-14(12(2)8-11)17(15(18)9-16)10-13-4-3-7-19-13/h3-8H,9-10H2,1-2H3. The lowest BCUT2D eigenvalue weighted by atomic mass is 10.1. The molecule has 1 aromatic heterocycles. The molecule has 0 atom stereocenters. The molecule has 2 rings (SSSR count). The Morgan fingerprint density at radius 1 is 1.32 bits per heavy atom. The fourth-order valence-electron chi connectivity index (χ4n) is 2.05. The lowest BCUT2D eigenvalue weighted by Crippen LogP contribution is -2.31. The molecule has 0 fully saturated rings. The van der Waals surface area contributed by atoms with Crippen LogP contribution in [0.4, 0.5) is 5.69 Å². The molecule has 0 spiro atoms. The van der Waals surface area contributed by atoms with E-state index in [4.69, 9.17) is 16.0 Å². The maximum absolute atomic E-state index is 12.0. The van der Waals surface area contributed by atoms with Crippen molar-refractivity contribution in [2.24, 2.45) is 0 Å². The van der Waals surface area contributed by atoms with Gasteiger partial charge in [0.1, 0.15) is 11.6 Å². The van der Waals surface area contributed by atoms with Crippen LogP contribution in [0.3, 0.4) is 0 Å². The molecule has 0 aliphatic rings. The van der Waals surface area contributed by atoms with Crippen LogP contribution in [-0.4, -0.2) is 11.8 Å². The molecule has 100 valence electrons.